The van der Waals surface area contributed by atoms with Gasteiger partial charge in [0.25, 0.3) is 0 Å². The second kappa shape index (κ2) is 7.25. The molecule has 1 aromatic rings. The molecule has 0 spiro atoms. The lowest BCUT2D eigenvalue weighted by atomic mass is 9.71. The van der Waals surface area contributed by atoms with E-state index in [4.69, 9.17) is 0 Å². The largest absolute Gasteiger partial charge is 0.481 e. The number of hydrogen-bond acceptors (Lipinski definition) is 4. The zero-order chi connectivity index (χ0) is 18.1. The second-order valence-corrected chi connectivity index (χ2v) is 8.19. The first-order chi connectivity index (χ1) is 12.6. The van der Waals surface area contributed by atoms with Crippen LogP contribution in [0.1, 0.15) is 44.9 Å². The Bertz CT molecular complexity index is 658. The minimum Gasteiger partial charge on any atom is -0.481 e. The number of carbonyl (C=O) groups is 2. The summed E-state index contributed by atoms with van der Waals surface area (Å²) in [5.41, 5.74) is 0. The number of fused-ring (bicyclic) bond motifs is 1. The number of nitrogens with zero attached hydrogens (tertiary/aromatic N) is 1. The van der Waals surface area contributed by atoms with Crippen molar-refractivity contribution in [3.8, 4) is 0 Å². The Kier molecular flexibility index (Phi) is 4.83. The molecule has 3 aliphatic carbocycles. The van der Waals surface area contributed by atoms with Crippen LogP contribution in [0.25, 0.3) is 0 Å². The lowest BCUT2D eigenvalue weighted by Crippen LogP contribution is -2.52. The first-order valence-corrected chi connectivity index (χ1v) is 9.81. The Morgan fingerprint density at radius 3 is 2.54 bits per heavy atom. The third-order valence-corrected chi connectivity index (χ3v) is 6.61. The third-order valence-electron chi connectivity index (χ3n) is 6.61. The van der Waals surface area contributed by atoms with E-state index in [-0.39, 0.29) is 23.8 Å². The van der Waals surface area contributed by atoms with Gasteiger partial charge in [0.1, 0.15) is 5.82 Å². The van der Waals surface area contributed by atoms with E-state index in [0.717, 1.165) is 50.8 Å². The maximum atomic E-state index is 12.6. The zero-order valence-electron chi connectivity index (χ0n) is 14.9. The topological polar surface area (TPSA) is 91.3 Å². The van der Waals surface area contributed by atoms with Crippen LogP contribution in [0.2, 0.25) is 0 Å². The molecule has 1 aromatic heterocycles. The van der Waals surface area contributed by atoms with Crippen LogP contribution in [0.5, 0.6) is 0 Å². The van der Waals surface area contributed by atoms with Gasteiger partial charge in [-0.25, -0.2) is 4.98 Å². The van der Waals surface area contributed by atoms with Gasteiger partial charge in [-0.3, -0.25) is 9.59 Å². The zero-order valence-corrected chi connectivity index (χ0v) is 14.9. The van der Waals surface area contributed by atoms with Gasteiger partial charge in [-0.05, 0) is 68.9 Å². The number of aromatic nitrogens is 1. The van der Waals surface area contributed by atoms with Gasteiger partial charge < -0.3 is 15.7 Å². The summed E-state index contributed by atoms with van der Waals surface area (Å²) in [4.78, 5) is 28.1. The first-order valence-electron chi connectivity index (χ1n) is 9.81. The van der Waals surface area contributed by atoms with Crippen molar-refractivity contribution in [2.45, 2.75) is 57.0 Å². The summed E-state index contributed by atoms with van der Waals surface area (Å²) < 4.78 is 0. The Hall–Kier alpha value is -2.11. The number of anilines is 1. The van der Waals surface area contributed by atoms with Crippen molar-refractivity contribution in [3.63, 3.8) is 0 Å². The van der Waals surface area contributed by atoms with Crippen molar-refractivity contribution in [1.29, 1.82) is 0 Å². The molecule has 1 unspecified atom stereocenters. The summed E-state index contributed by atoms with van der Waals surface area (Å²) in [6.45, 7) is 0. The van der Waals surface area contributed by atoms with Crippen LogP contribution < -0.4 is 10.6 Å². The molecule has 1 amide bonds. The molecule has 3 N–H and O–H groups in total. The number of hydrogen-bond donors (Lipinski definition) is 3. The minimum atomic E-state index is -0.678. The molecule has 140 valence electrons. The second-order valence-electron chi connectivity index (χ2n) is 8.19. The summed E-state index contributed by atoms with van der Waals surface area (Å²) >= 11 is 0. The van der Waals surface area contributed by atoms with Gasteiger partial charge in [0.2, 0.25) is 5.91 Å². The molecule has 3 aliphatic rings. The predicted octanol–water partition coefficient (Wildman–Crippen LogP) is 2.67. The predicted molar refractivity (Wildman–Crippen MR) is 97.5 cm³/mol. The highest BCUT2D eigenvalue weighted by molar-refractivity contribution is 5.79. The van der Waals surface area contributed by atoms with Crippen molar-refractivity contribution in [2.24, 2.45) is 23.7 Å². The number of aliphatic carboxylic acids is 1. The molecule has 6 nitrogen and oxygen atoms in total. The van der Waals surface area contributed by atoms with Crippen LogP contribution in [0.15, 0.2) is 24.4 Å². The van der Waals surface area contributed by atoms with Crippen molar-refractivity contribution < 1.29 is 14.7 Å². The van der Waals surface area contributed by atoms with Gasteiger partial charge in [0.15, 0.2) is 0 Å². The molecule has 6 heteroatoms. The van der Waals surface area contributed by atoms with Crippen LogP contribution >= 0.6 is 0 Å². The fourth-order valence-corrected chi connectivity index (χ4v) is 5.05. The van der Waals surface area contributed by atoms with Crippen molar-refractivity contribution >= 4 is 17.7 Å². The van der Waals surface area contributed by atoms with Gasteiger partial charge in [-0.2, -0.15) is 0 Å². The van der Waals surface area contributed by atoms with E-state index < -0.39 is 5.97 Å². The quantitative estimate of drug-likeness (QED) is 0.754. The van der Waals surface area contributed by atoms with E-state index >= 15 is 0 Å². The fraction of sp³-hybridized carbons (Fsp3) is 0.650. The molecule has 0 radical (unpaired) electrons. The van der Waals surface area contributed by atoms with Gasteiger partial charge in [0.05, 0.1) is 5.92 Å². The molecule has 3 fully saturated rings. The number of carboxylic acid groups (broad SMARTS) is 1. The Morgan fingerprint density at radius 1 is 1.04 bits per heavy atom. The molecule has 1 heterocycles. The normalized spacial score (nSPS) is 35.8. The van der Waals surface area contributed by atoms with Gasteiger partial charge in [-0.15, -0.1) is 0 Å². The molecule has 0 aromatic carbocycles. The Labute approximate surface area is 153 Å². The summed E-state index contributed by atoms with van der Waals surface area (Å²) in [5, 5.41) is 15.8. The molecule has 4 rings (SSSR count). The highest BCUT2D eigenvalue weighted by Crippen LogP contribution is 2.49. The molecule has 26 heavy (non-hydrogen) atoms. The number of nitrogens with one attached hydrogen (secondary N) is 2. The standard InChI is InChI=1S/C20H27N3O3/c24-19(23-17-11-13-9-14(20(25)26)10-16(13)17)12-4-6-15(7-5-12)22-18-3-1-2-8-21-18/h1-3,8,12-17H,4-7,9-11H2,(H,21,22)(H,23,24)(H,25,26)/t12?,13-,14?,15?,16-,17-/m1/s1. The van der Waals surface area contributed by atoms with Crippen LogP contribution in [0.3, 0.4) is 0 Å². The molecule has 4 atom stereocenters. The average Bonchev–Trinajstić information content (AvgIpc) is 2.98. The molecule has 0 bridgehead atoms. The first kappa shape index (κ1) is 17.3. The number of amides is 1. The molecule has 0 saturated heterocycles. The lowest BCUT2D eigenvalue weighted by Gasteiger charge is -2.42. The molecule has 0 aliphatic heterocycles. The van der Waals surface area contributed by atoms with E-state index in [1.807, 2.05) is 18.2 Å². The lowest BCUT2D eigenvalue weighted by molar-refractivity contribution is -0.141. The van der Waals surface area contributed by atoms with Crippen LogP contribution in [0, 0.1) is 23.7 Å². The van der Waals surface area contributed by atoms with Crippen LogP contribution in [-0.4, -0.2) is 34.1 Å². The fourth-order valence-electron chi connectivity index (χ4n) is 5.05. The monoisotopic (exact) mass is 357 g/mol. The summed E-state index contributed by atoms with van der Waals surface area (Å²) in [7, 11) is 0. The smallest absolute Gasteiger partial charge is 0.306 e. The summed E-state index contributed by atoms with van der Waals surface area (Å²) in [6.07, 6.45) is 8.01. The van der Waals surface area contributed by atoms with Crippen LogP contribution in [0.4, 0.5) is 5.82 Å². The Balaban J connectivity index is 1.22. The van der Waals surface area contributed by atoms with Crippen molar-refractivity contribution in [3.05, 3.63) is 24.4 Å². The van der Waals surface area contributed by atoms with Gasteiger partial charge in [-0.1, -0.05) is 6.07 Å². The molecule has 3 saturated carbocycles. The van der Waals surface area contributed by atoms with Crippen molar-refractivity contribution in [2.75, 3.05) is 5.32 Å². The third kappa shape index (κ3) is 3.55. The van der Waals surface area contributed by atoms with E-state index in [1.54, 1.807) is 6.20 Å². The number of pyridine rings is 1. The highest BCUT2D eigenvalue weighted by Gasteiger charge is 2.50. The van der Waals surface area contributed by atoms with E-state index in [0.29, 0.717) is 17.9 Å². The molecular weight excluding hydrogens is 330 g/mol. The SMILES string of the molecule is O=C(O)C1C[C@@H]2C[C@@H](NC(=O)C3CCC(Nc4ccccn4)CC3)[C@@H]2C1. The van der Waals surface area contributed by atoms with Crippen molar-refractivity contribution in [1.82, 2.24) is 10.3 Å². The highest BCUT2D eigenvalue weighted by atomic mass is 16.4. The van der Waals surface area contributed by atoms with E-state index in [2.05, 4.69) is 15.6 Å². The van der Waals surface area contributed by atoms with E-state index in [9.17, 15) is 14.7 Å². The Morgan fingerprint density at radius 2 is 1.85 bits per heavy atom. The summed E-state index contributed by atoms with van der Waals surface area (Å²) in [6, 6.07) is 6.42. The van der Waals surface area contributed by atoms with E-state index in [1.165, 1.54) is 0 Å². The maximum Gasteiger partial charge on any atom is 0.306 e. The minimum absolute atomic E-state index is 0.0903. The number of carboxylic acids is 1. The van der Waals surface area contributed by atoms with Gasteiger partial charge >= 0.3 is 5.97 Å². The average molecular weight is 357 g/mol. The van der Waals surface area contributed by atoms with Gasteiger partial charge in [0, 0.05) is 24.2 Å². The van der Waals surface area contributed by atoms with Crippen LogP contribution in [-0.2, 0) is 9.59 Å². The molecular formula is C20H27N3O3. The number of rotatable bonds is 5. The summed E-state index contributed by atoms with van der Waals surface area (Å²) in [5.74, 6) is 1.15. The number of carbonyl (C=O) groups excluding carboxylic acids is 1. The maximum absolute atomic E-state index is 12.6.